The van der Waals surface area contributed by atoms with Crippen LogP contribution in [0.4, 0.5) is 10.6 Å². The molecule has 0 aliphatic carbocycles. The fraction of sp³-hybridized carbons (Fsp3) is 0.667. The van der Waals surface area contributed by atoms with E-state index in [0.717, 1.165) is 37.6 Å². The summed E-state index contributed by atoms with van der Waals surface area (Å²) in [6.07, 6.45) is 4.11. The summed E-state index contributed by atoms with van der Waals surface area (Å²) in [4.78, 5) is 22.2. The highest BCUT2D eigenvalue weighted by atomic mass is 16.6. The summed E-state index contributed by atoms with van der Waals surface area (Å²) >= 11 is 0. The van der Waals surface area contributed by atoms with Crippen molar-refractivity contribution >= 4 is 11.9 Å². The van der Waals surface area contributed by atoms with E-state index in [2.05, 4.69) is 15.3 Å². The van der Waals surface area contributed by atoms with Crippen LogP contribution < -0.4 is 5.32 Å². The Morgan fingerprint density at radius 1 is 1.43 bits per heavy atom. The Bertz CT molecular complexity index is 499. The van der Waals surface area contributed by atoms with Crippen LogP contribution in [0.5, 0.6) is 0 Å². The van der Waals surface area contributed by atoms with Gasteiger partial charge in [-0.05, 0) is 40.0 Å². The van der Waals surface area contributed by atoms with Crippen molar-refractivity contribution in [1.29, 1.82) is 0 Å². The lowest BCUT2D eigenvalue weighted by atomic mass is 10.1. The largest absolute Gasteiger partial charge is 0.444 e. The SMILES string of the molecule is Cc1nccnc1NCC1CCN(C(=O)OC(C)(C)C)C1. The van der Waals surface area contributed by atoms with Gasteiger partial charge in [-0.3, -0.25) is 4.98 Å². The maximum absolute atomic E-state index is 12.0. The molecule has 1 aromatic rings. The highest BCUT2D eigenvalue weighted by molar-refractivity contribution is 5.68. The molecule has 1 N–H and O–H groups in total. The van der Waals surface area contributed by atoms with Gasteiger partial charge in [-0.15, -0.1) is 0 Å². The lowest BCUT2D eigenvalue weighted by Crippen LogP contribution is -2.35. The summed E-state index contributed by atoms with van der Waals surface area (Å²) in [6.45, 7) is 9.85. The van der Waals surface area contributed by atoms with E-state index < -0.39 is 5.60 Å². The molecule has 2 heterocycles. The number of anilines is 1. The fourth-order valence-electron chi connectivity index (χ4n) is 2.31. The highest BCUT2D eigenvalue weighted by Gasteiger charge is 2.29. The van der Waals surface area contributed by atoms with Gasteiger partial charge >= 0.3 is 6.09 Å². The molecule has 0 radical (unpaired) electrons. The minimum Gasteiger partial charge on any atom is -0.444 e. The zero-order valence-electron chi connectivity index (χ0n) is 13.2. The summed E-state index contributed by atoms with van der Waals surface area (Å²) in [6, 6.07) is 0. The number of hydrogen-bond donors (Lipinski definition) is 1. The van der Waals surface area contributed by atoms with E-state index in [4.69, 9.17) is 4.74 Å². The smallest absolute Gasteiger partial charge is 0.410 e. The molecular formula is C15H24N4O2. The molecule has 1 aliphatic heterocycles. The maximum Gasteiger partial charge on any atom is 0.410 e. The molecule has 1 saturated heterocycles. The molecule has 6 nitrogen and oxygen atoms in total. The Hall–Kier alpha value is -1.85. The van der Waals surface area contributed by atoms with Crippen molar-refractivity contribution in [2.75, 3.05) is 25.0 Å². The van der Waals surface area contributed by atoms with Gasteiger partial charge in [0.1, 0.15) is 11.4 Å². The number of amides is 1. The van der Waals surface area contributed by atoms with Crippen LogP contribution in [0.2, 0.25) is 0 Å². The summed E-state index contributed by atoms with van der Waals surface area (Å²) in [5, 5.41) is 3.31. The van der Waals surface area contributed by atoms with Crippen LogP contribution in [0.3, 0.4) is 0 Å². The van der Waals surface area contributed by atoms with Gasteiger partial charge < -0.3 is 15.0 Å². The molecule has 116 valence electrons. The Morgan fingerprint density at radius 2 is 2.14 bits per heavy atom. The number of carbonyl (C=O) groups excluding carboxylic acids is 1. The molecule has 1 fully saturated rings. The third-order valence-electron chi connectivity index (χ3n) is 3.38. The second-order valence-corrected chi connectivity index (χ2v) is 6.45. The second kappa shape index (κ2) is 6.28. The number of rotatable bonds is 3. The van der Waals surface area contributed by atoms with Crippen molar-refractivity contribution in [2.24, 2.45) is 5.92 Å². The van der Waals surface area contributed by atoms with Crippen molar-refractivity contribution in [3.63, 3.8) is 0 Å². The van der Waals surface area contributed by atoms with Crippen molar-refractivity contribution in [1.82, 2.24) is 14.9 Å². The third kappa shape index (κ3) is 4.58. The molecular weight excluding hydrogens is 268 g/mol. The van der Waals surface area contributed by atoms with Gasteiger partial charge in [-0.1, -0.05) is 0 Å². The first-order valence-electron chi connectivity index (χ1n) is 7.34. The normalized spacial score (nSPS) is 18.7. The van der Waals surface area contributed by atoms with Crippen molar-refractivity contribution in [2.45, 2.75) is 39.7 Å². The molecule has 1 unspecified atom stereocenters. The minimum atomic E-state index is -0.440. The Kier molecular flexibility index (Phi) is 4.65. The molecule has 0 spiro atoms. The van der Waals surface area contributed by atoms with Gasteiger partial charge in [0.25, 0.3) is 0 Å². The first-order valence-corrected chi connectivity index (χ1v) is 7.34. The van der Waals surface area contributed by atoms with Crippen LogP contribution in [-0.2, 0) is 4.74 Å². The molecule has 1 amide bonds. The zero-order chi connectivity index (χ0) is 15.5. The molecule has 21 heavy (non-hydrogen) atoms. The number of aryl methyl sites for hydroxylation is 1. The van der Waals surface area contributed by atoms with Crippen LogP contribution in [0.15, 0.2) is 12.4 Å². The van der Waals surface area contributed by atoms with Gasteiger partial charge in [-0.2, -0.15) is 0 Å². The molecule has 0 bridgehead atoms. The predicted octanol–water partition coefficient (Wildman–Crippen LogP) is 2.45. The van der Waals surface area contributed by atoms with Crippen LogP contribution >= 0.6 is 0 Å². The molecule has 0 aromatic carbocycles. The van der Waals surface area contributed by atoms with Gasteiger partial charge in [0, 0.05) is 32.0 Å². The Morgan fingerprint density at radius 3 is 2.81 bits per heavy atom. The van der Waals surface area contributed by atoms with Crippen molar-refractivity contribution < 1.29 is 9.53 Å². The number of aromatic nitrogens is 2. The quantitative estimate of drug-likeness (QED) is 0.927. The average molecular weight is 292 g/mol. The number of nitrogens with one attached hydrogen (secondary N) is 1. The molecule has 6 heteroatoms. The number of likely N-dealkylation sites (tertiary alicyclic amines) is 1. The van der Waals surface area contributed by atoms with E-state index in [9.17, 15) is 4.79 Å². The van der Waals surface area contributed by atoms with E-state index in [1.165, 1.54) is 0 Å². The average Bonchev–Trinajstić information content (AvgIpc) is 2.85. The number of ether oxygens (including phenoxy) is 1. The van der Waals surface area contributed by atoms with Gasteiger partial charge in [0.2, 0.25) is 0 Å². The van der Waals surface area contributed by atoms with Crippen LogP contribution in [0.1, 0.15) is 32.9 Å². The predicted molar refractivity (Wildman–Crippen MR) is 81.2 cm³/mol. The van der Waals surface area contributed by atoms with Gasteiger partial charge in [0.15, 0.2) is 0 Å². The molecule has 1 aromatic heterocycles. The van der Waals surface area contributed by atoms with E-state index in [-0.39, 0.29) is 6.09 Å². The summed E-state index contributed by atoms with van der Waals surface area (Å²) in [5.74, 6) is 1.23. The lowest BCUT2D eigenvalue weighted by molar-refractivity contribution is 0.0289. The van der Waals surface area contributed by atoms with Crippen molar-refractivity contribution in [3.05, 3.63) is 18.1 Å². The standard InChI is InChI=1S/C15H24N4O2/c1-11-13(17-7-6-16-11)18-9-12-5-8-19(10-12)14(20)21-15(2,3)4/h6-7,12H,5,8-10H2,1-4H3,(H,17,18). The van der Waals surface area contributed by atoms with Crippen LogP contribution in [0.25, 0.3) is 0 Å². The summed E-state index contributed by atoms with van der Waals surface area (Å²) in [5.41, 5.74) is 0.448. The first kappa shape index (κ1) is 15.5. The molecule has 0 saturated carbocycles. The number of nitrogens with zero attached hydrogens (tertiary/aromatic N) is 3. The summed E-state index contributed by atoms with van der Waals surface area (Å²) < 4.78 is 5.40. The minimum absolute atomic E-state index is 0.222. The molecule has 1 aliphatic rings. The van der Waals surface area contributed by atoms with Gasteiger partial charge in [-0.25, -0.2) is 9.78 Å². The van der Waals surface area contributed by atoms with Gasteiger partial charge in [0.05, 0.1) is 5.69 Å². The monoisotopic (exact) mass is 292 g/mol. The van der Waals surface area contributed by atoms with E-state index in [0.29, 0.717) is 5.92 Å². The molecule has 2 rings (SSSR count). The van der Waals surface area contributed by atoms with E-state index >= 15 is 0 Å². The number of hydrogen-bond acceptors (Lipinski definition) is 5. The third-order valence-corrected chi connectivity index (χ3v) is 3.38. The van der Waals surface area contributed by atoms with E-state index in [1.54, 1.807) is 17.3 Å². The van der Waals surface area contributed by atoms with E-state index in [1.807, 2.05) is 27.7 Å². The second-order valence-electron chi connectivity index (χ2n) is 6.45. The Labute approximate surface area is 125 Å². The summed E-state index contributed by atoms with van der Waals surface area (Å²) in [7, 11) is 0. The maximum atomic E-state index is 12.0. The van der Waals surface area contributed by atoms with Crippen LogP contribution in [-0.4, -0.2) is 46.2 Å². The lowest BCUT2D eigenvalue weighted by Gasteiger charge is -2.24. The Balaban J connectivity index is 1.80. The molecule has 1 atom stereocenters. The van der Waals surface area contributed by atoms with Crippen molar-refractivity contribution in [3.8, 4) is 0 Å². The van der Waals surface area contributed by atoms with Crippen LogP contribution in [0, 0.1) is 12.8 Å². The first-order chi connectivity index (χ1) is 9.85. The topological polar surface area (TPSA) is 67.4 Å². The highest BCUT2D eigenvalue weighted by Crippen LogP contribution is 2.20. The number of carbonyl (C=O) groups is 1. The zero-order valence-corrected chi connectivity index (χ0v) is 13.2. The fourth-order valence-corrected chi connectivity index (χ4v) is 2.31.